The van der Waals surface area contributed by atoms with Gasteiger partial charge < -0.3 is 48.9 Å². The number of benzene rings is 3. The molecular formula is C28H26O12. The number of phenolic OH excluding ortho intramolecular Hbond substituents is 4. The van der Waals surface area contributed by atoms with Gasteiger partial charge in [0, 0.05) is 23.1 Å². The van der Waals surface area contributed by atoms with Crippen LogP contribution in [0, 0.1) is 0 Å². The molecule has 0 bridgehead atoms. The van der Waals surface area contributed by atoms with E-state index in [1.54, 1.807) is 0 Å². The Labute approximate surface area is 226 Å². The zero-order chi connectivity index (χ0) is 29.3. The summed E-state index contributed by atoms with van der Waals surface area (Å²) >= 11 is 0. The van der Waals surface area contributed by atoms with E-state index in [0.29, 0.717) is 5.56 Å². The lowest BCUT2D eigenvalue weighted by Crippen LogP contribution is -2.13. The summed E-state index contributed by atoms with van der Waals surface area (Å²) in [5.74, 6) is -4.62. The van der Waals surface area contributed by atoms with Crippen LogP contribution >= 0.6 is 0 Å². The maximum Gasteiger partial charge on any atom is 0.306 e. The quantitative estimate of drug-likeness (QED) is 0.157. The Kier molecular flexibility index (Phi) is 7.53. The van der Waals surface area contributed by atoms with Crippen molar-refractivity contribution < 1.29 is 53.7 Å². The molecule has 12 heteroatoms. The molecular weight excluding hydrogens is 528 g/mol. The smallest absolute Gasteiger partial charge is 0.306 e. The van der Waals surface area contributed by atoms with Gasteiger partial charge in [0.1, 0.15) is 22.5 Å². The van der Waals surface area contributed by atoms with E-state index in [4.69, 9.17) is 23.4 Å². The highest BCUT2D eigenvalue weighted by Crippen LogP contribution is 2.48. The van der Waals surface area contributed by atoms with E-state index in [2.05, 4.69) is 0 Å². The number of rotatable bonds is 8. The van der Waals surface area contributed by atoms with Crippen LogP contribution in [-0.4, -0.2) is 59.9 Å². The Bertz CT molecular complexity index is 1650. The monoisotopic (exact) mass is 554 g/mol. The molecule has 0 aliphatic rings. The number of methoxy groups -OCH3 is 4. The van der Waals surface area contributed by atoms with Crippen molar-refractivity contribution in [3.63, 3.8) is 0 Å². The Balaban J connectivity index is 2.12. The molecule has 1 heterocycles. The largest absolute Gasteiger partial charge is 0.507 e. The van der Waals surface area contributed by atoms with E-state index in [9.17, 15) is 35.1 Å². The predicted octanol–water partition coefficient (Wildman–Crippen LogP) is 3.71. The molecule has 0 saturated heterocycles. The molecule has 0 saturated carbocycles. The van der Waals surface area contributed by atoms with E-state index in [0.717, 1.165) is 18.2 Å². The van der Waals surface area contributed by atoms with Crippen molar-refractivity contribution >= 4 is 16.9 Å². The van der Waals surface area contributed by atoms with Crippen LogP contribution in [0.1, 0.15) is 23.5 Å². The van der Waals surface area contributed by atoms with Gasteiger partial charge in [-0.15, -0.1) is 0 Å². The number of aromatic hydroxyl groups is 5. The van der Waals surface area contributed by atoms with Crippen molar-refractivity contribution in [3.05, 3.63) is 57.7 Å². The summed E-state index contributed by atoms with van der Waals surface area (Å²) in [5.41, 5.74) is -1.16. The Morgan fingerprint density at radius 3 is 2.02 bits per heavy atom. The molecule has 3 aromatic carbocycles. The third-order valence-corrected chi connectivity index (χ3v) is 6.41. The molecule has 40 heavy (non-hydrogen) atoms. The molecule has 210 valence electrons. The van der Waals surface area contributed by atoms with Crippen LogP contribution in [0.3, 0.4) is 0 Å². The van der Waals surface area contributed by atoms with Gasteiger partial charge >= 0.3 is 5.97 Å². The molecule has 0 fully saturated rings. The number of fused-ring (bicyclic) bond motifs is 1. The first-order valence-corrected chi connectivity index (χ1v) is 11.7. The summed E-state index contributed by atoms with van der Waals surface area (Å²) in [6, 6.07) is 7.39. The molecule has 0 unspecified atom stereocenters. The van der Waals surface area contributed by atoms with Gasteiger partial charge in [-0.05, 0) is 35.9 Å². The zero-order valence-corrected chi connectivity index (χ0v) is 21.8. The lowest BCUT2D eigenvalue weighted by molar-refractivity contribution is -0.140. The van der Waals surface area contributed by atoms with Crippen molar-refractivity contribution in [1.29, 1.82) is 0 Å². The summed E-state index contributed by atoms with van der Waals surface area (Å²) in [6.07, 6.45) is -0.373. The number of hydrogen-bond acceptors (Lipinski definition) is 12. The number of carbonyl (C=O) groups is 1. The SMILES string of the molecule is COC(=O)C[C@H](c1cc(OC)c(OC)c(OC)c1)c1c(O)cc(O)c2c(=O)c(O)c(-c3ccc(O)c(O)c3)oc12. The molecule has 1 aromatic heterocycles. The second-order valence-corrected chi connectivity index (χ2v) is 8.64. The van der Waals surface area contributed by atoms with Crippen molar-refractivity contribution in [1.82, 2.24) is 0 Å². The first-order chi connectivity index (χ1) is 19.1. The lowest BCUT2D eigenvalue weighted by Gasteiger charge is -2.22. The van der Waals surface area contributed by atoms with Gasteiger partial charge in [-0.1, -0.05) is 0 Å². The Hall–Kier alpha value is -5.26. The van der Waals surface area contributed by atoms with Crippen LogP contribution in [0.5, 0.6) is 46.0 Å². The lowest BCUT2D eigenvalue weighted by atomic mass is 9.86. The van der Waals surface area contributed by atoms with Crippen LogP contribution in [0.15, 0.2) is 45.6 Å². The fourth-order valence-corrected chi connectivity index (χ4v) is 4.48. The molecule has 4 rings (SSSR count). The fourth-order valence-electron chi connectivity index (χ4n) is 4.48. The van der Waals surface area contributed by atoms with Crippen LogP contribution < -0.4 is 19.6 Å². The highest BCUT2D eigenvalue weighted by atomic mass is 16.5. The van der Waals surface area contributed by atoms with Gasteiger partial charge in [0.15, 0.2) is 28.8 Å². The zero-order valence-electron chi connectivity index (χ0n) is 21.8. The first kappa shape index (κ1) is 27.8. The van der Waals surface area contributed by atoms with Crippen molar-refractivity contribution in [2.45, 2.75) is 12.3 Å². The molecule has 0 aliphatic heterocycles. The summed E-state index contributed by atoms with van der Waals surface area (Å²) < 4.78 is 27.0. The van der Waals surface area contributed by atoms with E-state index < -0.39 is 57.2 Å². The number of carbonyl (C=O) groups excluding carboxylic acids is 1. The van der Waals surface area contributed by atoms with Gasteiger partial charge in [-0.3, -0.25) is 9.59 Å². The molecule has 0 amide bonds. The van der Waals surface area contributed by atoms with Gasteiger partial charge in [0.2, 0.25) is 16.9 Å². The van der Waals surface area contributed by atoms with E-state index in [1.807, 2.05) is 0 Å². The highest BCUT2D eigenvalue weighted by Gasteiger charge is 2.31. The molecule has 1 atom stereocenters. The minimum Gasteiger partial charge on any atom is -0.507 e. The van der Waals surface area contributed by atoms with Gasteiger partial charge in [0.05, 0.1) is 34.9 Å². The fraction of sp³-hybridized carbons (Fsp3) is 0.214. The van der Waals surface area contributed by atoms with Crippen molar-refractivity contribution in [2.75, 3.05) is 28.4 Å². The minimum absolute atomic E-state index is 0.00196. The van der Waals surface area contributed by atoms with Gasteiger partial charge in [0.25, 0.3) is 0 Å². The third kappa shape index (κ3) is 4.70. The third-order valence-electron chi connectivity index (χ3n) is 6.41. The molecule has 5 N–H and O–H groups in total. The number of hydrogen-bond donors (Lipinski definition) is 5. The summed E-state index contributed by atoms with van der Waals surface area (Å²) in [7, 11) is 5.38. The maximum atomic E-state index is 13.3. The Morgan fingerprint density at radius 2 is 1.48 bits per heavy atom. The minimum atomic E-state index is -1.07. The second-order valence-electron chi connectivity index (χ2n) is 8.64. The van der Waals surface area contributed by atoms with Crippen molar-refractivity contribution in [2.24, 2.45) is 0 Å². The second kappa shape index (κ2) is 10.8. The molecule has 0 radical (unpaired) electrons. The molecule has 4 aromatic rings. The van der Waals surface area contributed by atoms with E-state index >= 15 is 0 Å². The average Bonchev–Trinajstić information content (AvgIpc) is 2.94. The summed E-state index contributed by atoms with van der Waals surface area (Å²) in [4.78, 5) is 25.8. The van der Waals surface area contributed by atoms with Gasteiger partial charge in [-0.2, -0.15) is 0 Å². The summed E-state index contributed by atoms with van der Waals surface area (Å²) in [5, 5.41) is 51.5. The number of ether oxygens (including phenoxy) is 4. The molecule has 12 nitrogen and oxygen atoms in total. The first-order valence-electron chi connectivity index (χ1n) is 11.7. The highest BCUT2D eigenvalue weighted by molar-refractivity contribution is 5.92. The standard InChI is InChI=1S/C28H26O12/c1-36-19-8-13(9-20(37-2)27(19)39-4)14(10-21(33)38-3)22-17(31)11-18(32)23-24(34)25(35)26(40-28(22)23)12-5-6-15(29)16(30)7-12/h5-9,11,14,29-32,35H,10H2,1-4H3/t14-/m1/s1. The number of esters is 1. The predicted molar refractivity (Wildman–Crippen MR) is 141 cm³/mol. The number of phenols is 4. The average molecular weight is 555 g/mol. The van der Waals surface area contributed by atoms with Gasteiger partial charge in [-0.25, -0.2) is 0 Å². The van der Waals surface area contributed by atoms with Crippen LogP contribution in [0.4, 0.5) is 0 Å². The van der Waals surface area contributed by atoms with E-state index in [1.165, 1.54) is 46.6 Å². The van der Waals surface area contributed by atoms with Crippen molar-refractivity contribution in [3.8, 4) is 57.3 Å². The Morgan fingerprint density at radius 1 is 0.825 bits per heavy atom. The maximum absolute atomic E-state index is 13.3. The summed E-state index contributed by atoms with van der Waals surface area (Å²) in [6.45, 7) is 0. The van der Waals surface area contributed by atoms with Crippen LogP contribution in [0.25, 0.3) is 22.3 Å². The van der Waals surface area contributed by atoms with Crippen LogP contribution in [-0.2, 0) is 9.53 Å². The normalized spacial score (nSPS) is 11.7. The molecule has 0 aliphatic carbocycles. The van der Waals surface area contributed by atoms with E-state index in [-0.39, 0.29) is 40.4 Å². The van der Waals surface area contributed by atoms with Crippen LogP contribution in [0.2, 0.25) is 0 Å². The topological polar surface area (TPSA) is 185 Å². The molecule has 0 spiro atoms.